The van der Waals surface area contributed by atoms with E-state index in [0.29, 0.717) is 18.4 Å². The maximum absolute atomic E-state index is 12.2. The van der Waals surface area contributed by atoms with Gasteiger partial charge in [0.1, 0.15) is 0 Å². The van der Waals surface area contributed by atoms with Gasteiger partial charge in [0.2, 0.25) is 0 Å². The minimum atomic E-state index is -0.334. The van der Waals surface area contributed by atoms with E-state index in [9.17, 15) is 9.59 Å². The summed E-state index contributed by atoms with van der Waals surface area (Å²) in [5.74, 6) is -0.509. The predicted molar refractivity (Wildman–Crippen MR) is 112 cm³/mol. The molecule has 28 heavy (non-hydrogen) atoms. The number of carbonyl (C=O) groups excluding carboxylic acids is 2. The average Bonchev–Trinajstić information content (AvgIpc) is 3.09. The van der Waals surface area contributed by atoms with E-state index in [-0.39, 0.29) is 23.8 Å². The molecular formula is C24H27NO3. The first-order chi connectivity index (χ1) is 13.3. The van der Waals surface area contributed by atoms with Crippen LogP contribution in [-0.2, 0) is 21.4 Å². The maximum Gasteiger partial charge on any atom is 0.306 e. The summed E-state index contributed by atoms with van der Waals surface area (Å²) in [6.45, 7) is 6.17. The van der Waals surface area contributed by atoms with Crippen LogP contribution in [0.4, 0.5) is 0 Å². The summed E-state index contributed by atoms with van der Waals surface area (Å²) in [6, 6.07) is 15.6. The van der Waals surface area contributed by atoms with Crippen LogP contribution in [0.3, 0.4) is 0 Å². The third-order valence-electron chi connectivity index (χ3n) is 4.94. The van der Waals surface area contributed by atoms with Gasteiger partial charge >= 0.3 is 5.97 Å². The molecule has 3 aromatic rings. The molecule has 3 rings (SSSR count). The molecule has 1 N–H and O–H groups in total. The van der Waals surface area contributed by atoms with Crippen molar-refractivity contribution in [1.82, 2.24) is 4.98 Å². The number of rotatable bonds is 7. The number of hydrogen-bond acceptors (Lipinski definition) is 3. The van der Waals surface area contributed by atoms with Crippen LogP contribution in [0.25, 0.3) is 10.9 Å². The molecule has 2 aromatic carbocycles. The normalized spacial score (nSPS) is 11.5. The van der Waals surface area contributed by atoms with E-state index in [1.54, 1.807) is 12.1 Å². The molecule has 0 unspecified atom stereocenters. The van der Waals surface area contributed by atoms with Crippen molar-refractivity contribution in [3.8, 4) is 0 Å². The molecule has 0 atom stereocenters. The molecule has 4 heteroatoms. The summed E-state index contributed by atoms with van der Waals surface area (Å²) in [5.41, 5.74) is 4.07. The SMILES string of the molecule is CC(C)(C)c1ccc(C(=O)COC(=O)CCCc2c[nH]c3ccccc23)cc1. The van der Waals surface area contributed by atoms with Crippen LogP contribution in [0.15, 0.2) is 54.7 Å². The highest BCUT2D eigenvalue weighted by atomic mass is 16.5. The minimum absolute atomic E-state index is 0.0405. The Labute approximate surface area is 165 Å². The van der Waals surface area contributed by atoms with Gasteiger partial charge < -0.3 is 9.72 Å². The second-order valence-electron chi connectivity index (χ2n) is 8.12. The number of H-pyrrole nitrogens is 1. The van der Waals surface area contributed by atoms with Gasteiger partial charge in [-0.05, 0) is 35.4 Å². The smallest absolute Gasteiger partial charge is 0.306 e. The number of aromatic amines is 1. The van der Waals surface area contributed by atoms with Gasteiger partial charge in [0.15, 0.2) is 12.4 Å². The van der Waals surface area contributed by atoms with Gasteiger partial charge in [0.05, 0.1) is 0 Å². The molecule has 146 valence electrons. The highest BCUT2D eigenvalue weighted by Gasteiger charge is 2.15. The number of aromatic nitrogens is 1. The maximum atomic E-state index is 12.2. The second-order valence-corrected chi connectivity index (χ2v) is 8.12. The molecule has 0 saturated heterocycles. The molecule has 0 saturated carbocycles. The molecule has 0 fully saturated rings. The van der Waals surface area contributed by atoms with Gasteiger partial charge in [-0.25, -0.2) is 0 Å². The fraction of sp³-hybridized carbons (Fsp3) is 0.333. The van der Waals surface area contributed by atoms with Crippen LogP contribution >= 0.6 is 0 Å². The van der Waals surface area contributed by atoms with E-state index in [2.05, 4.69) is 31.8 Å². The minimum Gasteiger partial charge on any atom is -0.457 e. The fourth-order valence-electron chi connectivity index (χ4n) is 3.22. The number of Topliss-reactive ketones (excluding diaryl/α,β-unsaturated/α-hetero) is 1. The Morgan fingerprint density at radius 1 is 1.00 bits per heavy atom. The van der Waals surface area contributed by atoms with Crippen molar-refractivity contribution < 1.29 is 14.3 Å². The number of ether oxygens (including phenoxy) is 1. The highest BCUT2D eigenvalue weighted by Crippen LogP contribution is 2.22. The van der Waals surface area contributed by atoms with E-state index in [4.69, 9.17) is 4.74 Å². The zero-order valence-corrected chi connectivity index (χ0v) is 16.7. The standard InChI is InChI=1S/C24H27NO3/c1-24(2,3)19-13-11-17(12-14-19)22(26)16-28-23(27)10-6-7-18-15-25-21-9-5-4-8-20(18)21/h4-5,8-9,11-15,25H,6-7,10,16H2,1-3H3. The number of aryl methyl sites for hydroxylation is 1. The Morgan fingerprint density at radius 3 is 2.43 bits per heavy atom. The number of nitrogens with one attached hydrogen (secondary N) is 1. The number of hydrogen-bond donors (Lipinski definition) is 1. The highest BCUT2D eigenvalue weighted by molar-refractivity contribution is 5.98. The third kappa shape index (κ3) is 4.89. The molecule has 0 spiro atoms. The zero-order valence-electron chi connectivity index (χ0n) is 16.7. The Hall–Kier alpha value is -2.88. The Balaban J connectivity index is 1.44. The monoisotopic (exact) mass is 377 g/mol. The van der Waals surface area contributed by atoms with Gasteiger partial charge in [-0.3, -0.25) is 9.59 Å². The van der Waals surface area contributed by atoms with Crippen molar-refractivity contribution in [3.63, 3.8) is 0 Å². The van der Waals surface area contributed by atoms with Gasteiger partial charge in [-0.15, -0.1) is 0 Å². The van der Waals surface area contributed by atoms with Gasteiger partial charge in [-0.2, -0.15) is 0 Å². The first-order valence-electron chi connectivity index (χ1n) is 9.69. The number of carbonyl (C=O) groups is 2. The Bertz CT molecular complexity index is 961. The van der Waals surface area contributed by atoms with Gasteiger partial charge in [0, 0.05) is 29.1 Å². The molecule has 1 heterocycles. The van der Waals surface area contributed by atoms with Crippen molar-refractivity contribution in [1.29, 1.82) is 0 Å². The summed E-state index contributed by atoms with van der Waals surface area (Å²) in [4.78, 5) is 27.4. The first-order valence-corrected chi connectivity index (χ1v) is 9.69. The Kier molecular flexibility index (Phi) is 5.98. The van der Waals surface area contributed by atoms with E-state index in [1.807, 2.05) is 36.5 Å². The van der Waals surface area contributed by atoms with E-state index >= 15 is 0 Å². The molecule has 4 nitrogen and oxygen atoms in total. The molecule has 1 aromatic heterocycles. The lowest BCUT2D eigenvalue weighted by molar-refractivity contribution is -0.142. The average molecular weight is 377 g/mol. The molecule has 0 aliphatic carbocycles. The second kappa shape index (κ2) is 8.42. The van der Waals surface area contributed by atoms with E-state index < -0.39 is 0 Å². The number of esters is 1. The van der Waals surface area contributed by atoms with Crippen LogP contribution in [0.5, 0.6) is 0 Å². The molecule has 0 aliphatic rings. The topological polar surface area (TPSA) is 59.2 Å². The number of benzene rings is 2. The van der Waals surface area contributed by atoms with Crippen LogP contribution in [-0.4, -0.2) is 23.3 Å². The van der Waals surface area contributed by atoms with Crippen LogP contribution in [0.1, 0.15) is 55.1 Å². The summed E-state index contributed by atoms with van der Waals surface area (Å²) in [7, 11) is 0. The van der Waals surface area contributed by atoms with Crippen LogP contribution < -0.4 is 0 Å². The van der Waals surface area contributed by atoms with Crippen LogP contribution in [0.2, 0.25) is 0 Å². The number of fused-ring (bicyclic) bond motifs is 1. The predicted octanol–water partition coefficient (Wildman–Crippen LogP) is 5.21. The van der Waals surface area contributed by atoms with Crippen molar-refractivity contribution in [2.75, 3.05) is 6.61 Å². The summed E-state index contributed by atoms with van der Waals surface area (Å²) in [5, 5.41) is 1.18. The fourth-order valence-corrected chi connectivity index (χ4v) is 3.22. The quantitative estimate of drug-likeness (QED) is 0.454. The number of ketones is 1. The van der Waals surface area contributed by atoms with E-state index in [0.717, 1.165) is 11.9 Å². The van der Waals surface area contributed by atoms with Crippen molar-refractivity contribution in [2.45, 2.75) is 45.4 Å². The largest absolute Gasteiger partial charge is 0.457 e. The zero-order chi connectivity index (χ0) is 20.1. The van der Waals surface area contributed by atoms with Crippen molar-refractivity contribution >= 4 is 22.7 Å². The molecule has 0 bridgehead atoms. The lowest BCUT2D eigenvalue weighted by Crippen LogP contribution is -2.15. The van der Waals surface area contributed by atoms with Crippen molar-refractivity contribution in [3.05, 3.63) is 71.4 Å². The van der Waals surface area contributed by atoms with Crippen LogP contribution in [0, 0.1) is 0 Å². The lowest BCUT2D eigenvalue weighted by atomic mass is 9.86. The first kappa shape index (κ1) is 19.9. The summed E-state index contributed by atoms with van der Waals surface area (Å²) in [6.07, 6.45) is 3.77. The summed E-state index contributed by atoms with van der Waals surface area (Å²) < 4.78 is 5.17. The summed E-state index contributed by atoms with van der Waals surface area (Å²) >= 11 is 0. The molecule has 0 radical (unpaired) electrons. The molecular weight excluding hydrogens is 350 g/mol. The van der Waals surface area contributed by atoms with E-state index in [1.165, 1.54) is 16.5 Å². The molecule has 0 amide bonds. The van der Waals surface area contributed by atoms with Gasteiger partial charge in [0.25, 0.3) is 0 Å². The Morgan fingerprint density at radius 2 is 1.71 bits per heavy atom. The number of para-hydroxylation sites is 1. The van der Waals surface area contributed by atoms with Crippen molar-refractivity contribution in [2.24, 2.45) is 0 Å². The lowest BCUT2D eigenvalue weighted by Gasteiger charge is -2.18. The molecule has 0 aliphatic heterocycles. The third-order valence-corrected chi connectivity index (χ3v) is 4.94. The van der Waals surface area contributed by atoms with Gasteiger partial charge in [-0.1, -0.05) is 63.2 Å².